The standard InChI is InChI=1S/C14H15FN6S/c1-14(2,3)12-19-20-13(21(12)16)22-11-9-6-8(15)4-5-10(9)17-7-18-11/h4-7H,16H2,1-3H3. The number of nitrogen functional groups attached to an aromatic ring is 1. The molecule has 0 saturated heterocycles. The van der Waals surface area contributed by atoms with E-state index in [-0.39, 0.29) is 11.2 Å². The number of rotatable bonds is 2. The Morgan fingerprint density at radius 2 is 1.95 bits per heavy atom. The lowest BCUT2D eigenvalue weighted by atomic mass is 9.96. The Morgan fingerprint density at radius 3 is 2.64 bits per heavy atom. The molecule has 0 aliphatic rings. The van der Waals surface area contributed by atoms with Gasteiger partial charge in [0.1, 0.15) is 17.2 Å². The van der Waals surface area contributed by atoms with Gasteiger partial charge in [0.25, 0.3) is 0 Å². The van der Waals surface area contributed by atoms with Gasteiger partial charge in [0.05, 0.1) is 5.52 Å². The Labute approximate surface area is 130 Å². The van der Waals surface area contributed by atoms with Gasteiger partial charge >= 0.3 is 0 Å². The average Bonchev–Trinajstić information content (AvgIpc) is 2.81. The second kappa shape index (κ2) is 5.20. The summed E-state index contributed by atoms with van der Waals surface area (Å²) in [6.45, 7) is 6.01. The van der Waals surface area contributed by atoms with Crippen LogP contribution in [-0.4, -0.2) is 24.8 Å². The van der Waals surface area contributed by atoms with Crippen molar-refractivity contribution >= 4 is 22.7 Å². The van der Waals surface area contributed by atoms with Crippen LogP contribution in [0.4, 0.5) is 4.39 Å². The molecule has 0 unspecified atom stereocenters. The minimum absolute atomic E-state index is 0.222. The molecular formula is C14H15FN6S. The molecule has 0 amide bonds. The van der Waals surface area contributed by atoms with E-state index in [0.717, 1.165) is 0 Å². The summed E-state index contributed by atoms with van der Waals surface area (Å²) in [4.78, 5) is 8.33. The highest BCUT2D eigenvalue weighted by Crippen LogP contribution is 2.31. The van der Waals surface area contributed by atoms with Crippen molar-refractivity contribution in [3.63, 3.8) is 0 Å². The van der Waals surface area contributed by atoms with E-state index in [4.69, 9.17) is 5.84 Å². The van der Waals surface area contributed by atoms with Gasteiger partial charge in [-0.25, -0.2) is 19.0 Å². The average molecular weight is 318 g/mol. The van der Waals surface area contributed by atoms with Crippen LogP contribution in [0.2, 0.25) is 0 Å². The predicted octanol–water partition coefficient (Wildman–Crippen LogP) is 2.52. The molecule has 2 heterocycles. The maximum atomic E-state index is 13.5. The lowest BCUT2D eigenvalue weighted by Gasteiger charge is -2.16. The summed E-state index contributed by atoms with van der Waals surface area (Å²) in [6, 6.07) is 4.39. The third-order valence-corrected chi connectivity index (χ3v) is 4.06. The Morgan fingerprint density at radius 1 is 1.18 bits per heavy atom. The van der Waals surface area contributed by atoms with E-state index in [9.17, 15) is 4.39 Å². The summed E-state index contributed by atoms with van der Waals surface area (Å²) in [7, 11) is 0. The van der Waals surface area contributed by atoms with Gasteiger partial charge < -0.3 is 5.84 Å². The van der Waals surface area contributed by atoms with Gasteiger partial charge in [-0.2, -0.15) is 0 Å². The van der Waals surface area contributed by atoms with Crippen LogP contribution < -0.4 is 5.84 Å². The summed E-state index contributed by atoms with van der Waals surface area (Å²) < 4.78 is 14.9. The topological polar surface area (TPSA) is 82.5 Å². The van der Waals surface area contributed by atoms with Crippen LogP contribution in [0.1, 0.15) is 26.6 Å². The summed E-state index contributed by atoms with van der Waals surface area (Å²) in [5, 5.41) is 9.93. The molecule has 0 spiro atoms. The first-order chi connectivity index (χ1) is 10.4. The van der Waals surface area contributed by atoms with Crippen molar-refractivity contribution < 1.29 is 4.39 Å². The first-order valence-corrected chi connectivity index (χ1v) is 7.47. The molecule has 0 atom stereocenters. The highest BCUT2D eigenvalue weighted by atomic mass is 32.2. The molecule has 1 aromatic carbocycles. The van der Waals surface area contributed by atoms with Crippen molar-refractivity contribution in [2.75, 3.05) is 5.84 Å². The van der Waals surface area contributed by atoms with Crippen LogP contribution in [-0.2, 0) is 5.41 Å². The Hall–Kier alpha value is -2.22. The SMILES string of the molecule is CC(C)(C)c1nnc(Sc2ncnc3ccc(F)cc23)n1N. The van der Waals surface area contributed by atoms with Crippen LogP contribution in [0.3, 0.4) is 0 Å². The lowest BCUT2D eigenvalue weighted by molar-refractivity contribution is 0.523. The number of aromatic nitrogens is 5. The van der Waals surface area contributed by atoms with Gasteiger partial charge in [0.15, 0.2) is 5.82 Å². The van der Waals surface area contributed by atoms with Crippen LogP contribution in [0.15, 0.2) is 34.7 Å². The zero-order valence-corrected chi connectivity index (χ0v) is 13.2. The molecular weight excluding hydrogens is 303 g/mol. The molecule has 0 bridgehead atoms. The van der Waals surface area contributed by atoms with Gasteiger partial charge in [-0.3, -0.25) is 0 Å². The quantitative estimate of drug-likeness (QED) is 0.577. The Balaban J connectivity index is 2.04. The number of halogens is 1. The highest BCUT2D eigenvalue weighted by molar-refractivity contribution is 7.99. The van der Waals surface area contributed by atoms with Gasteiger partial charge in [-0.05, 0) is 30.0 Å². The van der Waals surface area contributed by atoms with Crippen LogP contribution >= 0.6 is 11.8 Å². The largest absolute Gasteiger partial charge is 0.336 e. The zero-order chi connectivity index (χ0) is 15.9. The second-order valence-electron chi connectivity index (χ2n) is 5.87. The monoisotopic (exact) mass is 318 g/mol. The molecule has 0 aliphatic carbocycles. The van der Waals surface area contributed by atoms with Crippen molar-refractivity contribution in [3.05, 3.63) is 36.2 Å². The van der Waals surface area contributed by atoms with E-state index in [1.54, 1.807) is 6.07 Å². The van der Waals surface area contributed by atoms with E-state index in [2.05, 4.69) is 20.2 Å². The number of nitrogens with zero attached hydrogens (tertiary/aromatic N) is 5. The van der Waals surface area contributed by atoms with Gasteiger partial charge in [0, 0.05) is 10.8 Å². The second-order valence-corrected chi connectivity index (χ2v) is 6.82. The molecule has 0 radical (unpaired) electrons. The third-order valence-electron chi connectivity index (χ3n) is 3.08. The molecule has 0 fully saturated rings. The van der Waals surface area contributed by atoms with E-state index in [0.29, 0.717) is 26.9 Å². The smallest absolute Gasteiger partial charge is 0.216 e. The fraction of sp³-hybridized carbons (Fsp3) is 0.286. The van der Waals surface area contributed by atoms with Crippen molar-refractivity contribution in [1.82, 2.24) is 24.8 Å². The van der Waals surface area contributed by atoms with Crippen molar-refractivity contribution in [1.29, 1.82) is 0 Å². The number of benzene rings is 1. The van der Waals surface area contributed by atoms with Crippen LogP contribution in [0, 0.1) is 5.82 Å². The lowest BCUT2D eigenvalue weighted by Crippen LogP contribution is -2.24. The first kappa shape index (κ1) is 14.7. The zero-order valence-electron chi connectivity index (χ0n) is 12.4. The van der Waals surface area contributed by atoms with Crippen LogP contribution in [0.5, 0.6) is 0 Å². The molecule has 2 N–H and O–H groups in total. The fourth-order valence-electron chi connectivity index (χ4n) is 2.03. The van der Waals surface area contributed by atoms with E-state index in [1.165, 1.54) is 34.9 Å². The summed E-state index contributed by atoms with van der Waals surface area (Å²) in [5.74, 6) is 6.39. The molecule has 3 rings (SSSR count). The Bertz CT molecular complexity index is 839. The molecule has 8 heteroatoms. The van der Waals surface area contributed by atoms with Gasteiger partial charge in [-0.15, -0.1) is 10.2 Å². The minimum atomic E-state index is -0.339. The van der Waals surface area contributed by atoms with Crippen molar-refractivity contribution in [2.24, 2.45) is 0 Å². The van der Waals surface area contributed by atoms with Crippen molar-refractivity contribution in [3.8, 4) is 0 Å². The van der Waals surface area contributed by atoms with Gasteiger partial charge in [0.2, 0.25) is 5.16 Å². The van der Waals surface area contributed by atoms with Crippen LogP contribution in [0.25, 0.3) is 10.9 Å². The number of hydrogen-bond acceptors (Lipinski definition) is 6. The highest BCUT2D eigenvalue weighted by Gasteiger charge is 2.23. The molecule has 2 aromatic heterocycles. The number of nitrogens with two attached hydrogens (primary N) is 1. The van der Waals surface area contributed by atoms with E-state index in [1.807, 2.05) is 20.8 Å². The number of hydrogen-bond donors (Lipinski definition) is 1. The van der Waals surface area contributed by atoms with Gasteiger partial charge in [-0.1, -0.05) is 20.8 Å². The van der Waals surface area contributed by atoms with Crippen molar-refractivity contribution in [2.45, 2.75) is 36.4 Å². The predicted molar refractivity (Wildman–Crippen MR) is 82.5 cm³/mol. The minimum Gasteiger partial charge on any atom is -0.336 e. The normalized spacial score (nSPS) is 12.0. The first-order valence-electron chi connectivity index (χ1n) is 6.65. The maximum Gasteiger partial charge on any atom is 0.216 e. The maximum absolute atomic E-state index is 13.5. The molecule has 6 nitrogen and oxygen atoms in total. The third kappa shape index (κ3) is 2.61. The summed E-state index contributed by atoms with van der Waals surface area (Å²) in [6.07, 6.45) is 1.43. The molecule has 22 heavy (non-hydrogen) atoms. The molecule has 3 aromatic rings. The summed E-state index contributed by atoms with van der Waals surface area (Å²) >= 11 is 1.24. The summed E-state index contributed by atoms with van der Waals surface area (Å²) in [5.41, 5.74) is 0.443. The van der Waals surface area contributed by atoms with E-state index >= 15 is 0 Å². The number of fused-ring (bicyclic) bond motifs is 1. The fourth-order valence-corrected chi connectivity index (χ4v) is 2.84. The Kier molecular flexibility index (Phi) is 3.48. The van der Waals surface area contributed by atoms with E-state index < -0.39 is 0 Å². The molecule has 0 aliphatic heterocycles. The molecule has 114 valence electrons. The molecule has 0 saturated carbocycles.